The molecule has 3 aliphatic rings. The molecular formula is C53H40N4. The molecule has 4 nitrogen and oxygen atoms in total. The van der Waals surface area contributed by atoms with E-state index >= 15 is 0 Å². The number of hydrogen-bond donors (Lipinski definition) is 0. The van der Waals surface area contributed by atoms with E-state index in [1.807, 2.05) is 18.5 Å². The number of allylic oxidation sites excluding steroid dienone is 6. The van der Waals surface area contributed by atoms with Crippen LogP contribution < -0.4 is 0 Å². The third-order valence-electron chi connectivity index (χ3n) is 13.3. The van der Waals surface area contributed by atoms with Crippen molar-refractivity contribution in [1.29, 1.82) is 0 Å². The molecular weight excluding hydrogens is 693 g/mol. The summed E-state index contributed by atoms with van der Waals surface area (Å²) in [6.45, 7) is 9.43. The Kier molecular flexibility index (Phi) is 6.49. The lowest BCUT2D eigenvalue weighted by molar-refractivity contribution is 0.661. The van der Waals surface area contributed by atoms with Crippen LogP contribution in [0.3, 0.4) is 0 Å². The first kappa shape index (κ1) is 32.5. The van der Waals surface area contributed by atoms with Gasteiger partial charge in [0.15, 0.2) is 0 Å². The van der Waals surface area contributed by atoms with Crippen LogP contribution in [0, 0.1) is 0 Å². The lowest BCUT2D eigenvalue weighted by atomic mass is 9.82. The zero-order valence-corrected chi connectivity index (χ0v) is 32.5. The predicted octanol–water partition coefficient (Wildman–Crippen LogP) is 13.3. The quantitative estimate of drug-likeness (QED) is 0.181. The Morgan fingerprint density at radius 1 is 0.456 bits per heavy atom. The predicted molar refractivity (Wildman–Crippen MR) is 237 cm³/mol. The molecule has 0 saturated carbocycles. The highest BCUT2D eigenvalue weighted by molar-refractivity contribution is 6.15. The zero-order valence-electron chi connectivity index (χ0n) is 32.5. The maximum Gasteiger partial charge on any atom is 0.234 e. The van der Waals surface area contributed by atoms with E-state index in [0.717, 1.165) is 17.5 Å². The largest absolute Gasteiger partial charge is 0.313 e. The fraction of sp³-hybridized carbons (Fsp3) is 0.132. The minimum Gasteiger partial charge on any atom is -0.313 e. The normalized spacial score (nSPS) is 15.9. The summed E-state index contributed by atoms with van der Waals surface area (Å²) in [5.74, 6) is 0.683. The minimum absolute atomic E-state index is 0.0818. The van der Waals surface area contributed by atoms with Crippen molar-refractivity contribution in [2.75, 3.05) is 0 Å². The summed E-state index contributed by atoms with van der Waals surface area (Å²) in [5.41, 5.74) is 19.0. The SMILES string of the molecule is CC1(C)c2ccccc2-c2cc3c4cc(-c5ccc6c(c5)c5cc7c(cc5n6-c5ncccn5)C(C)(C)c5ccccc5-7)ccc4n(C4=CC=CC=CC4)c3cc21. The molecule has 0 unspecified atom stereocenters. The second-order valence-corrected chi connectivity index (χ2v) is 17.0. The molecule has 6 aromatic carbocycles. The van der Waals surface area contributed by atoms with Gasteiger partial charge in [-0.15, -0.1) is 0 Å². The molecule has 3 heterocycles. The number of fused-ring (bicyclic) bond motifs is 12. The highest BCUT2D eigenvalue weighted by Gasteiger charge is 2.37. The van der Waals surface area contributed by atoms with Gasteiger partial charge in [0.2, 0.25) is 5.95 Å². The van der Waals surface area contributed by atoms with Gasteiger partial charge >= 0.3 is 0 Å². The monoisotopic (exact) mass is 732 g/mol. The van der Waals surface area contributed by atoms with Crippen molar-refractivity contribution >= 4 is 49.3 Å². The van der Waals surface area contributed by atoms with Crippen LogP contribution in [0.15, 0.2) is 158 Å². The van der Waals surface area contributed by atoms with Gasteiger partial charge in [-0.25, -0.2) is 9.97 Å². The van der Waals surface area contributed by atoms with Gasteiger partial charge in [-0.2, -0.15) is 0 Å². The first-order valence-corrected chi connectivity index (χ1v) is 20.0. The van der Waals surface area contributed by atoms with Crippen LogP contribution in [0.25, 0.3) is 88.6 Å². The van der Waals surface area contributed by atoms with Crippen LogP contribution in [-0.4, -0.2) is 19.1 Å². The summed E-state index contributed by atoms with van der Waals surface area (Å²) >= 11 is 0. The molecule has 0 atom stereocenters. The molecule has 0 bridgehead atoms. The first-order valence-electron chi connectivity index (χ1n) is 20.0. The molecule has 9 aromatic rings. The maximum atomic E-state index is 4.77. The Morgan fingerprint density at radius 2 is 0.982 bits per heavy atom. The van der Waals surface area contributed by atoms with Gasteiger partial charge in [0.05, 0.1) is 22.1 Å². The van der Waals surface area contributed by atoms with Gasteiger partial charge in [-0.1, -0.05) is 113 Å². The molecule has 0 radical (unpaired) electrons. The second kappa shape index (κ2) is 11.4. The minimum atomic E-state index is -0.115. The molecule has 272 valence electrons. The molecule has 0 amide bonds. The van der Waals surface area contributed by atoms with E-state index in [0.29, 0.717) is 5.95 Å². The van der Waals surface area contributed by atoms with Crippen molar-refractivity contribution in [2.24, 2.45) is 0 Å². The molecule has 12 rings (SSSR count). The summed E-state index contributed by atoms with van der Waals surface area (Å²) in [5, 5.41) is 4.96. The lowest BCUT2D eigenvalue weighted by Crippen LogP contribution is -2.15. The highest BCUT2D eigenvalue weighted by Crippen LogP contribution is 2.53. The van der Waals surface area contributed by atoms with Crippen LogP contribution in [0.5, 0.6) is 0 Å². The topological polar surface area (TPSA) is 35.6 Å². The van der Waals surface area contributed by atoms with Crippen molar-refractivity contribution in [1.82, 2.24) is 19.1 Å². The molecule has 3 aromatic heterocycles. The average molecular weight is 733 g/mol. The van der Waals surface area contributed by atoms with E-state index in [1.165, 1.54) is 93.9 Å². The molecule has 0 aliphatic heterocycles. The highest BCUT2D eigenvalue weighted by atomic mass is 15.1. The van der Waals surface area contributed by atoms with Crippen molar-refractivity contribution in [2.45, 2.75) is 44.9 Å². The first-order chi connectivity index (χ1) is 27.8. The van der Waals surface area contributed by atoms with Crippen LogP contribution in [0.4, 0.5) is 0 Å². The smallest absolute Gasteiger partial charge is 0.234 e. The van der Waals surface area contributed by atoms with Gasteiger partial charge < -0.3 is 4.57 Å². The van der Waals surface area contributed by atoms with E-state index in [2.05, 4.69) is 176 Å². The molecule has 0 saturated heterocycles. The Morgan fingerprint density at radius 3 is 1.58 bits per heavy atom. The van der Waals surface area contributed by atoms with Gasteiger partial charge in [-0.3, -0.25) is 4.57 Å². The lowest BCUT2D eigenvalue weighted by Gasteiger charge is -2.21. The fourth-order valence-electron chi connectivity index (χ4n) is 10.4. The van der Waals surface area contributed by atoms with E-state index in [9.17, 15) is 0 Å². The molecule has 4 heteroatoms. The number of aromatic nitrogens is 4. The average Bonchev–Trinajstić information content (AvgIpc) is 3.78. The van der Waals surface area contributed by atoms with E-state index in [1.54, 1.807) is 0 Å². The number of hydrogen-bond acceptors (Lipinski definition) is 2. The van der Waals surface area contributed by atoms with Crippen LogP contribution in [0.2, 0.25) is 0 Å². The van der Waals surface area contributed by atoms with Crippen molar-refractivity contribution in [3.63, 3.8) is 0 Å². The Hall–Kier alpha value is -6.78. The van der Waals surface area contributed by atoms with Crippen molar-refractivity contribution in [3.8, 4) is 39.3 Å². The van der Waals surface area contributed by atoms with E-state index in [-0.39, 0.29) is 10.8 Å². The molecule has 57 heavy (non-hydrogen) atoms. The number of rotatable bonds is 3. The summed E-state index contributed by atoms with van der Waals surface area (Å²) in [4.78, 5) is 9.53. The Bertz CT molecular complexity index is 3310. The van der Waals surface area contributed by atoms with Gasteiger partial charge in [0.1, 0.15) is 0 Å². The van der Waals surface area contributed by atoms with Crippen LogP contribution in [-0.2, 0) is 10.8 Å². The standard InChI is InChI=1S/C53H40N4/c1-52(2)43-18-11-9-16-35(43)37-28-41-39-26-32(20-22-47(39)56(49(41)30-45(37)52)34-14-7-5-6-8-15-34)33-21-23-48-40(27-33)42-29-38-36-17-10-12-19-44(36)53(3,4)46(38)31-50(42)57(48)51-54-24-13-25-55-51/h5-14,16-31H,15H2,1-4H3. The summed E-state index contributed by atoms with van der Waals surface area (Å²) in [7, 11) is 0. The molecule has 3 aliphatic carbocycles. The maximum absolute atomic E-state index is 4.77. The van der Waals surface area contributed by atoms with Crippen LogP contribution in [0.1, 0.15) is 56.4 Å². The second-order valence-electron chi connectivity index (χ2n) is 17.0. The summed E-state index contributed by atoms with van der Waals surface area (Å²) in [6, 6.07) is 43.5. The van der Waals surface area contributed by atoms with Gasteiger partial charge in [-0.05, 0) is 116 Å². The summed E-state index contributed by atoms with van der Waals surface area (Å²) in [6.07, 6.45) is 15.5. The molecule has 0 spiro atoms. The number of benzene rings is 6. The third-order valence-corrected chi connectivity index (χ3v) is 13.3. The van der Waals surface area contributed by atoms with Crippen molar-refractivity contribution in [3.05, 3.63) is 180 Å². The van der Waals surface area contributed by atoms with E-state index in [4.69, 9.17) is 9.97 Å². The Balaban J connectivity index is 1.11. The van der Waals surface area contributed by atoms with Gasteiger partial charge in [0, 0.05) is 56.9 Å². The van der Waals surface area contributed by atoms with E-state index < -0.39 is 0 Å². The zero-order chi connectivity index (χ0) is 38.2. The molecule has 0 fully saturated rings. The number of nitrogens with zero attached hydrogens (tertiary/aromatic N) is 4. The van der Waals surface area contributed by atoms with Gasteiger partial charge in [0.25, 0.3) is 0 Å². The Labute approximate surface area is 331 Å². The van der Waals surface area contributed by atoms with Crippen molar-refractivity contribution < 1.29 is 0 Å². The van der Waals surface area contributed by atoms with Crippen LogP contribution >= 0.6 is 0 Å². The summed E-state index contributed by atoms with van der Waals surface area (Å²) < 4.78 is 4.75. The fourth-order valence-corrected chi connectivity index (χ4v) is 10.4. The third kappa shape index (κ3) is 4.38. The molecule has 0 N–H and O–H groups in total.